The second-order valence-electron chi connectivity index (χ2n) is 8.77. The molecule has 0 spiro atoms. The standard InChI is InChI=1S/C25H42N2O4/c1-5-21(18-20-10-7-6-8-11-20)23(28)25(2,3)19-22(12-9-13-26)24(29)27-14-15-31-17-16-30-4/h6-8,10-11,21-22H,5,9,12-19,26H2,1-4H3,(H,27,29)/t21-,22+/m0/s1. The Morgan fingerprint density at radius 2 is 1.81 bits per heavy atom. The molecule has 1 amide bonds. The Morgan fingerprint density at radius 3 is 2.42 bits per heavy atom. The number of ketones is 1. The Hall–Kier alpha value is -1.76. The second kappa shape index (κ2) is 15.1. The molecule has 0 radical (unpaired) electrons. The number of carbonyl (C=O) groups is 2. The van der Waals surface area contributed by atoms with Crippen molar-refractivity contribution < 1.29 is 19.1 Å². The minimum Gasteiger partial charge on any atom is -0.382 e. The molecule has 3 N–H and O–H groups in total. The molecule has 1 aromatic rings. The quantitative estimate of drug-likeness (QED) is 0.367. The van der Waals surface area contributed by atoms with Gasteiger partial charge in [0, 0.05) is 30.9 Å². The molecule has 176 valence electrons. The van der Waals surface area contributed by atoms with Gasteiger partial charge in [-0.15, -0.1) is 0 Å². The number of hydrogen-bond acceptors (Lipinski definition) is 5. The maximum atomic E-state index is 13.4. The topological polar surface area (TPSA) is 90.7 Å². The highest BCUT2D eigenvalue weighted by atomic mass is 16.5. The molecular formula is C25H42N2O4. The number of nitrogens with two attached hydrogens (primary N) is 1. The van der Waals surface area contributed by atoms with E-state index in [-0.39, 0.29) is 23.5 Å². The average Bonchev–Trinajstić information content (AvgIpc) is 2.77. The lowest BCUT2D eigenvalue weighted by molar-refractivity contribution is -0.134. The number of benzene rings is 1. The summed E-state index contributed by atoms with van der Waals surface area (Å²) in [7, 11) is 1.62. The summed E-state index contributed by atoms with van der Waals surface area (Å²) in [6, 6.07) is 10.1. The van der Waals surface area contributed by atoms with Gasteiger partial charge >= 0.3 is 0 Å². The zero-order chi connectivity index (χ0) is 23.1. The van der Waals surface area contributed by atoms with Crippen LogP contribution in [0.3, 0.4) is 0 Å². The number of amides is 1. The van der Waals surface area contributed by atoms with E-state index in [1.54, 1.807) is 7.11 Å². The van der Waals surface area contributed by atoms with Gasteiger partial charge in [0.05, 0.1) is 19.8 Å². The Morgan fingerprint density at radius 1 is 1.10 bits per heavy atom. The van der Waals surface area contributed by atoms with Crippen molar-refractivity contribution in [2.75, 3.05) is 40.0 Å². The molecule has 2 atom stereocenters. The van der Waals surface area contributed by atoms with Crippen LogP contribution in [0.1, 0.15) is 52.0 Å². The van der Waals surface area contributed by atoms with Gasteiger partial charge in [0.2, 0.25) is 5.91 Å². The minimum atomic E-state index is -0.582. The van der Waals surface area contributed by atoms with Crippen LogP contribution in [0, 0.1) is 17.3 Å². The number of methoxy groups -OCH3 is 1. The van der Waals surface area contributed by atoms with E-state index in [0.29, 0.717) is 45.8 Å². The highest BCUT2D eigenvalue weighted by molar-refractivity contribution is 5.87. The number of Topliss-reactive ketones (excluding diaryl/α,β-unsaturated/α-hetero) is 1. The maximum absolute atomic E-state index is 13.4. The summed E-state index contributed by atoms with van der Waals surface area (Å²) in [4.78, 5) is 26.2. The van der Waals surface area contributed by atoms with Crippen molar-refractivity contribution in [3.63, 3.8) is 0 Å². The van der Waals surface area contributed by atoms with Crippen molar-refractivity contribution >= 4 is 11.7 Å². The van der Waals surface area contributed by atoms with Crippen molar-refractivity contribution in [1.82, 2.24) is 5.32 Å². The predicted molar refractivity (Wildman–Crippen MR) is 125 cm³/mol. The summed E-state index contributed by atoms with van der Waals surface area (Å²) in [5.41, 5.74) is 6.28. The average molecular weight is 435 g/mol. The number of hydrogen-bond donors (Lipinski definition) is 2. The molecule has 0 bridgehead atoms. The van der Waals surface area contributed by atoms with E-state index in [9.17, 15) is 9.59 Å². The van der Waals surface area contributed by atoms with E-state index >= 15 is 0 Å². The first-order valence-corrected chi connectivity index (χ1v) is 11.5. The monoisotopic (exact) mass is 434 g/mol. The largest absolute Gasteiger partial charge is 0.382 e. The summed E-state index contributed by atoms with van der Waals surface area (Å²) in [5.74, 6) is -0.0893. The highest BCUT2D eigenvalue weighted by Crippen LogP contribution is 2.33. The first-order valence-electron chi connectivity index (χ1n) is 11.5. The van der Waals surface area contributed by atoms with E-state index in [4.69, 9.17) is 15.2 Å². The Balaban J connectivity index is 2.71. The van der Waals surface area contributed by atoms with Crippen LogP contribution in [-0.2, 0) is 25.5 Å². The van der Waals surface area contributed by atoms with Gasteiger partial charge in [-0.2, -0.15) is 0 Å². The van der Waals surface area contributed by atoms with Crippen LogP contribution in [0.5, 0.6) is 0 Å². The SMILES string of the molecule is CC[C@@H](Cc1ccccc1)C(=O)C(C)(C)C[C@@H](CCCN)C(=O)NCCOCCOC. The molecule has 0 aliphatic heterocycles. The summed E-state index contributed by atoms with van der Waals surface area (Å²) < 4.78 is 10.4. The van der Waals surface area contributed by atoms with E-state index in [0.717, 1.165) is 19.3 Å². The molecule has 0 aliphatic rings. The Bertz CT molecular complexity index is 634. The van der Waals surface area contributed by atoms with Crippen molar-refractivity contribution in [1.29, 1.82) is 0 Å². The van der Waals surface area contributed by atoms with Gasteiger partial charge in [-0.05, 0) is 44.2 Å². The molecule has 1 rings (SSSR count). The fraction of sp³-hybridized carbons (Fsp3) is 0.680. The lowest BCUT2D eigenvalue weighted by atomic mass is 9.72. The zero-order valence-corrected chi connectivity index (χ0v) is 19.8. The lowest BCUT2D eigenvalue weighted by Crippen LogP contribution is -2.39. The summed E-state index contributed by atoms with van der Waals surface area (Å²) >= 11 is 0. The molecule has 0 saturated heterocycles. The lowest BCUT2D eigenvalue weighted by Gasteiger charge is -2.31. The van der Waals surface area contributed by atoms with Crippen molar-refractivity contribution in [3.8, 4) is 0 Å². The number of ether oxygens (including phenoxy) is 2. The smallest absolute Gasteiger partial charge is 0.223 e. The molecule has 0 fully saturated rings. The van der Waals surface area contributed by atoms with Crippen LogP contribution >= 0.6 is 0 Å². The molecule has 31 heavy (non-hydrogen) atoms. The summed E-state index contributed by atoms with van der Waals surface area (Å²) in [6.07, 6.45) is 3.48. The fourth-order valence-corrected chi connectivity index (χ4v) is 3.92. The van der Waals surface area contributed by atoms with Crippen LogP contribution < -0.4 is 11.1 Å². The van der Waals surface area contributed by atoms with Crippen LogP contribution in [-0.4, -0.2) is 51.7 Å². The van der Waals surface area contributed by atoms with E-state index in [1.807, 2.05) is 32.0 Å². The van der Waals surface area contributed by atoms with E-state index in [1.165, 1.54) is 5.56 Å². The number of rotatable bonds is 17. The van der Waals surface area contributed by atoms with Gasteiger partial charge in [0.1, 0.15) is 5.78 Å². The van der Waals surface area contributed by atoms with Crippen molar-refractivity contribution in [2.24, 2.45) is 23.0 Å². The molecule has 0 aromatic heterocycles. The van der Waals surface area contributed by atoms with Gasteiger partial charge in [-0.3, -0.25) is 9.59 Å². The zero-order valence-electron chi connectivity index (χ0n) is 19.8. The molecule has 0 aliphatic carbocycles. The summed E-state index contributed by atoms with van der Waals surface area (Å²) in [5, 5.41) is 2.96. The maximum Gasteiger partial charge on any atom is 0.223 e. The Kier molecular flexibility index (Phi) is 13.3. The number of carbonyl (C=O) groups excluding carboxylic acids is 2. The molecule has 0 unspecified atom stereocenters. The van der Waals surface area contributed by atoms with Gasteiger partial charge in [-0.1, -0.05) is 51.1 Å². The summed E-state index contributed by atoms with van der Waals surface area (Å²) in [6.45, 7) is 8.46. The van der Waals surface area contributed by atoms with Crippen molar-refractivity contribution in [2.45, 2.75) is 52.9 Å². The van der Waals surface area contributed by atoms with Gasteiger partial charge in [0.25, 0.3) is 0 Å². The first kappa shape index (κ1) is 27.3. The third-order valence-electron chi connectivity index (χ3n) is 5.72. The molecule has 6 nitrogen and oxygen atoms in total. The minimum absolute atomic E-state index is 0.0271. The molecular weight excluding hydrogens is 392 g/mol. The molecule has 6 heteroatoms. The van der Waals surface area contributed by atoms with Crippen LogP contribution in [0.2, 0.25) is 0 Å². The second-order valence-corrected chi connectivity index (χ2v) is 8.77. The van der Waals surface area contributed by atoms with Crippen LogP contribution in [0.4, 0.5) is 0 Å². The third kappa shape index (κ3) is 10.4. The first-order chi connectivity index (χ1) is 14.9. The molecule has 0 saturated carbocycles. The van der Waals surface area contributed by atoms with Crippen LogP contribution in [0.15, 0.2) is 30.3 Å². The van der Waals surface area contributed by atoms with E-state index < -0.39 is 5.41 Å². The Labute approximate surface area is 188 Å². The van der Waals surface area contributed by atoms with Gasteiger partial charge in [0.15, 0.2) is 0 Å². The molecule has 1 aromatic carbocycles. The third-order valence-corrected chi connectivity index (χ3v) is 5.72. The fourth-order valence-electron chi connectivity index (χ4n) is 3.92. The van der Waals surface area contributed by atoms with Crippen LogP contribution in [0.25, 0.3) is 0 Å². The number of nitrogens with one attached hydrogen (secondary N) is 1. The normalized spacial score (nSPS) is 13.6. The highest BCUT2D eigenvalue weighted by Gasteiger charge is 2.36. The molecule has 0 heterocycles. The van der Waals surface area contributed by atoms with Gasteiger partial charge < -0.3 is 20.5 Å². The van der Waals surface area contributed by atoms with Crippen molar-refractivity contribution in [3.05, 3.63) is 35.9 Å². The van der Waals surface area contributed by atoms with E-state index in [2.05, 4.69) is 24.4 Å². The van der Waals surface area contributed by atoms with Gasteiger partial charge in [-0.25, -0.2) is 0 Å². The predicted octanol–water partition coefficient (Wildman–Crippen LogP) is 3.38.